The Balaban J connectivity index is 1.50. The van der Waals surface area contributed by atoms with Crippen molar-refractivity contribution in [2.45, 2.75) is 46.6 Å². The molecule has 0 aromatic heterocycles. The summed E-state index contributed by atoms with van der Waals surface area (Å²) < 4.78 is 6.01. The molecule has 0 unspecified atom stereocenters. The molecular weight excluding hydrogens is 360 g/mol. The second-order valence-electron chi connectivity index (χ2n) is 8.67. The third kappa shape index (κ3) is 5.52. The van der Waals surface area contributed by atoms with Gasteiger partial charge in [-0.2, -0.15) is 0 Å². The van der Waals surface area contributed by atoms with E-state index in [2.05, 4.69) is 80.8 Å². The van der Waals surface area contributed by atoms with Gasteiger partial charge in [-0.05, 0) is 61.1 Å². The van der Waals surface area contributed by atoms with Crippen LogP contribution in [0.2, 0.25) is 0 Å². The Hall–Kier alpha value is -2.04. The van der Waals surface area contributed by atoms with Gasteiger partial charge < -0.3 is 14.7 Å². The summed E-state index contributed by atoms with van der Waals surface area (Å²) in [6, 6.07) is 12.9. The first kappa shape index (κ1) is 21.7. The third-order valence-electron chi connectivity index (χ3n) is 5.98. The molecule has 0 bridgehead atoms. The molecule has 158 valence electrons. The number of β-amino-alcohol motifs (C(OH)–C–C–N with tert-alkyl or cyclic N) is 1. The molecule has 0 saturated carbocycles. The van der Waals surface area contributed by atoms with Gasteiger partial charge in [0.05, 0.1) is 0 Å². The number of aliphatic hydroxyl groups excluding tert-OH is 1. The summed E-state index contributed by atoms with van der Waals surface area (Å²) in [4.78, 5) is 4.80. The Kier molecular flexibility index (Phi) is 7.20. The van der Waals surface area contributed by atoms with E-state index in [9.17, 15) is 5.11 Å². The van der Waals surface area contributed by atoms with E-state index >= 15 is 0 Å². The van der Waals surface area contributed by atoms with Gasteiger partial charge in [0.2, 0.25) is 0 Å². The summed E-state index contributed by atoms with van der Waals surface area (Å²) in [7, 11) is 0. The van der Waals surface area contributed by atoms with Crippen LogP contribution in [0.4, 0.5) is 5.69 Å². The van der Waals surface area contributed by atoms with Crippen molar-refractivity contribution in [1.29, 1.82) is 0 Å². The minimum absolute atomic E-state index is 0.334. The maximum Gasteiger partial charge on any atom is 0.123 e. The van der Waals surface area contributed by atoms with Crippen molar-refractivity contribution < 1.29 is 9.84 Å². The molecule has 3 rings (SSSR count). The lowest BCUT2D eigenvalue weighted by atomic mass is 10.0. The van der Waals surface area contributed by atoms with E-state index in [0.29, 0.717) is 19.1 Å². The lowest BCUT2D eigenvalue weighted by Crippen LogP contribution is -2.49. The molecule has 4 heteroatoms. The number of hydrogen-bond acceptors (Lipinski definition) is 4. The van der Waals surface area contributed by atoms with Crippen molar-refractivity contribution in [3.8, 4) is 5.75 Å². The Morgan fingerprint density at radius 2 is 1.72 bits per heavy atom. The van der Waals surface area contributed by atoms with Crippen LogP contribution in [0.25, 0.3) is 0 Å². The summed E-state index contributed by atoms with van der Waals surface area (Å²) in [5, 5.41) is 10.5. The number of aliphatic hydroxyl groups is 1. The van der Waals surface area contributed by atoms with Gasteiger partial charge in [0.15, 0.2) is 0 Å². The van der Waals surface area contributed by atoms with Gasteiger partial charge in [0, 0.05) is 38.4 Å². The number of anilines is 1. The lowest BCUT2D eigenvalue weighted by molar-refractivity contribution is 0.0658. The first-order valence-electron chi connectivity index (χ1n) is 10.8. The van der Waals surface area contributed by atoms with E-state index in [1.165, 1.54) is 27.9 Å². The fourth-order valence-electron chi connectivity index (χ4n) is 4.03. The molecule has 2 aromatic rings. The first-order chi connectivity index (χ1) is 13.8. The van der Waals surface area contributed by atoms with Crippen molar-refractivity contribution in [1.82, 2.24) is 4.90 Å². The van der Waals surface area contributed by atoms with Gasteiger partial charge in [-0.1, -0.05) is 38.1 Å². The average molecular weight is 397 g/mol. The number of piperazine rings is 1. The smallest absolute Gasteiger partial charge is 0.123 e. The predicted molar refractivity (Wildman–Crippen MR) is 121 cm³/mol. The quantitative estimate of drug-likeness (QED) is 0.757. The number of aryl methyl sites for hydroxylation is 2. The maximum absolute atomic E-state index is 10.5. The van der Waals surface area contributed by atoms with Crippen LogP contribution in [0.3, 0.4) is 0 Å². The first-order valence-corrected chi connectivity index (χ1v) is 10.8. The second-order valence-corrected chi connectivity index (χ2v) is 8.67. The molecule has 1 heterocycles. The Bertz CT molecular complexity index is 810. The van der Waals surface area contributed by atoms with Crippen molar-refractivity contribution in [2.75, 3.05) is 44.2 Å². The average Bonchev–Trinajstić information content (AvgIpc) is 2.69. The van der Waals surface area contributed by atoms with Gasteiger partial charge in [0.25, 0.3) is 0 Å². The molecule has 4 nitrogen and oxygen atoms in total. The van der Waals surface area contributed by atoms with Crippen LogP contribution in [0.15, 0.2) is 36.4 Å². The molecule has 0 radical (unpaired) electrons. The Morgan fingerprint density at radius 3 is 2.41 bits per heavy atom. The Morgan fingerprint density at radius 1 is 1.00 bits per heavy atom. The van der Waals surface area contributed by atoms with E-state index < -0.39 is 6.10 Å². The number of ether oxygens (including phenoxy) is 1. The number of nitrogens with zero attached hydrogens (tertiary/aromatic N) is 2. The highest BCUT2D eigenvalue weighted by Gasteiger charge is 2.21. The zero-order valence-corrected chi connectivity index (χ0v) is 18.6. The van der Waals surface area contributed by atoms with Crippen LogP contribution in [-0.4, -0.2) is 55.4 Å². The number of rotatable bonds is 7. The van der Waals surface area contributed by atoms with Crippen LogP contribution in [0.1, 0.15) is 42.0 Å². The fourth-order valence-corrected chi connectivity index (χ4v) is 4.03. The minimum atomic E-state index is -0.484. The topological polar surface area (TPSA) is 35.9 Å². The van der Waals surface area contributed by atoms with Gasteiger partial charge in [-0.3, -0.25) is 4.90 Å². The van der Waals surface area contributed by atoms with Crippen LogP contribution >= 0.6 is 0 Å². The zero-order chi connectivity index (χ0) is 21.0. The molecule has 1 N–H and O–H groups in total. The zero-order valence-electron chi connectivity index (χ0n) is 18.6. The molecule has 29 heavy (non-hydrogen) atoms. The molecule has 1 aliphatic heterocycles. The van der Waals surface area contributed by atoms with Gasteiger partial charge in [0.1, 0.15) is 18.5 Å². The molecule has 0 amide bonds. The second kappa shape index (κ2) is 9.64. The predicted octanol–water partition coefficient (Wildman–Crippen LogP) is 4.30. The van der Waals surface area contributed by atoms with Gasteiger partial charge >= 0.3 is 0 Å². The van der Waals surface area contributed by atoms with Crippen molar-refractivity contribution in [3.05, 3.63) is 58.7 Å². The molecule has 0 aliphatic carbocycles. The number of benzene rings is 2. The molecule has 0 spiro atoms. The van der Waals surface area contributed by atoms with Crippen molar-refractivity contribution >= 4 is 5.69 Å². The summed E-state index contributed by atoms with van der Waals surface area (Å²) >= 11 is 0. The standard InChI is InChI=1S/C25H36N2O2/c1-18(2)23-10-9-19(3)15-25(23)29-17-22(28)16-26-11-13-27(14-12-26)24-8-6-7-20(4)21(24)5/h6-10,15,18,22,28H,11-14,16-17H2,1-5H3/t22-/m0/s1. The van der Waals surface area contributed by atoms with Crippen LogP contribution in [0, 0.1) is 20.8 Å². The highest BCUT2D eigenvalue weighted by molar-refractivity contribution is 5.56. The Labute approximate surface area is 176 Å². The molecule has 1 saturated heterocycles. The SMILES string of the molecule is Cc1ccc(C(C)C)c(OC[C@@H](O)CN2CCN(c3cccc(C)c3C)CC2)c1. The summed E-state index contributed by atoms with van der Waals surface area (Å²) in [6.07, 6.45) is -0.484. The molecular formula is C25H36N2O2. The van der Waals surface area contributed by atoms with Crippen molar-refractivity contribution in [3.63, 3.8) is 0 Å². The lowest BCUT2D eigenvalue weighted by Gasteiger charge is -2.37. The number of hydrogen-bond donors (Lipinski definition) is 1. The van der Waals surface area contributed by atoms with E-state index in [-0.39, 0.29) is 0 Å². The van der Waals surface area contributed by atoms with E-state index in [4.69, 9.17) is 4.74 Å². The molecule has 1 aliphatic rings. The molecule has 1 atom stereocenters. The molecule has 2 aromatic carbocycles. The largest absolute Gasteiger partial charge is 0.491 e. The summed E-state index contributed by atoms with van der Waals surface area (Å²) in [5.41, 5.74) is 6.43. The van der Waals surface area contributed by atoms with Crippen molar-refractivity contribution in [2.24, 2.45) is 0 Å². The maximum atomic E-state index is 10.5. The third-order valence-corrected chi connectivity index (χ3v) is 5.98. The van der Waals surface area contributed by atoms with Crippen LogP contribution in [0.5, 0.6) is 5.75 Å². The monoisotopic (exact) mass is 396 g/mol. The highest BCUT2D eigenvalue weighted by atomic mass is 16.5. The molecule has 1 fully saturated rings. The van der Waals surface area contributed by atoms with E-state index in [0.717, 1.165) is 31.9 Å². The minimum Gasteiger partial charge on any atom is -0.491 e. The highest BCUT2D eigenvalue weighted by Crippen LogP contribution is 2.28. The van der Waals surface area contributed by atoms with Crippen LogP contribution < -0.4 is 9.64 Å². The van der Waals surface area contributed by atoms with Gasteiger partial charge in [-0.15, -0.1) is 0 Å². The summed E-state index contributed by atoms with van der Waals surface area (Å²) in [6.45, 7) is 15.7. The fraction of sp³-hybridized carbons (Fsp3) is 0.520. The van der Waals surface area contributed by atoms with Crippen LogP contribution in [-0.2, 0) is 0 Å². The van der Waals surface area contributed by atoms with Gasteiger partial charge in [-0.25, -0.2) is 0 Å². The summed E-state index contributed by atoms with van der Waals surface area (Å²) in [5.74, 6) is 1.31. The van der Waals surface area contributed by atoms with E-state index in [1.54, 1.807) is 0 Å². The van der Waals surface area contributed by atoms with E-state index in [1.807, 2.05) is 0 Å². The normalized spacial score (nSPS) is 16.3.